The number of imide groups is 2. The highest BCUT2D eigenvalue weighted by atomic mass is 16.2. The summed E-state index contributed by atoms with van der Waals surface area (Å²) in [6.45, 7) is 4.12. The molecule has 30 heavy (non-hydrogen) atoms. The van der Waals surface area contributed by atoms with Crippen molar-refractivity contribution in [1.82, 2.24) is 15.1 Å². The van der Waals surface area contributed by atoms with Gasteiger partial charge in [-0.05, 0) is 41.8 Å². The molecule has 1 aromatic heterocycles. The lowest BCUT2D eigenvalue weighted by molar-refractivity contribution is -0.122. The molecule has 2 heterocycles. The molecule has 1 saturated heterocycles. The highest BCUT2D eigenvalue weighted by molar-refractivity contribution is 6.39. The third-order valence-electron chi connectivity index (χ3n) is 4.85. The fourth-order valence-corrected chi connectivity index (χ4v) is 3.20. The van der Waals surface area contributed by atoms with Crippen LogP contribution in [-0.4, -0.2) is 27.6 Å². The summed E-state index contributed by atoms with van der Waals surface area (Å²) < 4.78 is 1.64. The summed E-state index contributed by atoms with van der Waals surface area (Å²) in [5.41, 5.74) is 2.78. The minimum absolute atomic E-state index is 0.129. The van der Waals surface area contributed by atoms with Gasteiger partial charge in [0.25, 0.3) is 11.8 Å². The number of anilines is 1. The molecule has 0 radical (unpaired) electrons. The van der Waals surface area contributed by atoms with E-state index in [0.717, 1.165) is 16.2 Å². The molecular formula is C23H20N4O3. The van der Waals surface area contributed by atoms with Gasteiger partial charge in [0, 0.05) is 11.8 Å². The Labute approximate surface area is 173 Å². The Morgan fingerprint density at radius 2 is 1.63 bits per heavy atom. The van der Waals surface area contributed by atoms with E-state index in [4.69, 9.17) is 0 Å². The van der Waals surface area contributed by atoms with Crippen LogP contribution >= 0.6 is 0 Å². The average molecular weight is 400 g/mol. The molecule has 0 spiro atoms. The van der Waals surface area contributed by atoms with Crippen LogP contribution in [0.25, 0.3) is 11.8 Å². The Hall–Kier alpha value is -4.00. The first-order valence-corrected chi connectivity index (χ1v) is 9.55. The Balaban J connectivity index is 1.65. The van der Waals surface area contributed by atoms with E-state index in [-0.39, 0.29) is 5.57 Å². The Morgan fingerprint density at radius 3 is 2.30 bits per heavy atom. The molecule has 1 aliphatic rings. The monoisotopic (exact) mass is 400 g/mol. The van der Waals surface area contributed by atoms with E-state index < -0.39 is 17.8 Å². The molecule has 0 atom stereocenters. The SMILES string of the molecule is CC(C)c1ccc(N2C(=O)NC(=O)C(=Cc3cnn(-c4ccccc4)c3)C2=O)cc1. The highest BCUT2D eigenvalue weighted by Gasteiger charge is 2.36. The first kappa shape index (κ1) is 19.3. The number of barbiturate groups is 1. The number of nitrogens with zero attached hydrogens (tertiary/aromatic N) is 3. The molecule has 7 heteroatoms. The number of rotatable bonds is 4. The van der Waals surface area contributed by atoms with Gasteiger partial charge < -0.3 is 0 Å². The maximum atomic E-state index is 13.0. The van der Waals surface area contributed by atoms with Crippen molar-refractivity contribution in [2.24, 2.45) is 0 Å². The number of amides is 4. The lowest BCUT2D eigenvalue weighted by Crippen LogP contribution is -2.54. The van der Waals surface area contributed by atoms with Crippen LogP contribution in [0.2, 0.25) is 0 Å². The predicted octanol–water partition coefficient (Wildman–Crippen LogP) is 3.66. The summed E-state index contributed by atoms with van der Waals surface area (Å²) in [6.07, 6.45) is 4.70. The first-order valence-electron chi connectivity index (χ1n) is 9.55. The van der Waals surface area contributed by atoms with Crippen LogP contribution < -0.4 is 10.2 Å². The quantitative estimate of drug-likeness (QED) is 0.535. The van der Waals surface area contributed by atoms with Crippen LogP contribution in [-0.2, 0) is 9.59 Å². The largest absolute Gasteiger partial charge is 0.335 e. The van der Waals surface area contributed by atoms with Gasteiger partial charge in [-0.25, -0.2) is 14.4 Å². The Bertz CT molecular complexity index is 1140. The van der Waals surface area contributed by atoms with Gasteiger partial charge in [0.1, 0.15) is 5.57 Å². The molecule has 0 saturated carbocycles. The molecule has 7 nitrogen and oxygen atoms in total. The summed E-state index contributed by atoms with van der Waals surface area (Å²) in [5.74, 6) is -1.08. The molecule has 0 unspecified atom stereocenters. The van der Waals surface area contributed by atoms with Crippen molar-refractivity contribution in [2.45, 2.75) is 19.8 Å². The van der Waals surface area contributed by atoms with E-state index in [1.165, 1.54) is 6.08 Å². The van der Waals surface area contributed by atoms with Crippen molar-refractivity contribution in [1.29, 1.82) is 0 Å². The maximum absolute atomic E-state index is 13.0. The second-order valence-corrected chi connectivity index (χ2v) is 7.26. The molecule has 3 aromatic rings. The van der Waals surface area contributed by atoms with E-state index in [0.29, 0.717) is 17.2 Å². The number of hydrogen-bond acceptors (Lipinski definition) is 4. The fourth-order valence-electron chi connectivity index (χ4n) is 3.20. The molecule has 1 N–H and O–H groups in total. The number of hydrogen-bond donors (Lipinski definition) is 1. The molecule has 150 valence electrons. The van der Waals surface area contributed by atoms with Gasteiger partial charge in [-0.15, -0.1) is 0 Å². The first-order chi connectivity index (χ1) is 14.4. The molecule has 0 bridgehead atoms. The van der Waals surface area contributed by atoms with Gasteiger partial charge in [0.2, 0.25) is 0 Å². The van der Waals surface area contributed by atoms with Crippen molar-refractivity contribution in [3.63, 3.8) is 0 Å². The van der Waals surface area contributed by atoms with Crippen molar-refractivity contribution < 1.29 is 14.4 Å². The smallest absolute Gasteiger partial charge is 0.273 e. The molecule has 1 fully saturated rings. The Kier molecular flexibility index (Phi) is 5.02. The molecular weight excluding hydrogens is 380 g/mol. The zero-order valence-electron chi connectivity index (χ0n) is 16.6. The summed E-state index contributed by atoms with van der Waals surface area (Å²) >= 11 is 0. The predicted molar refractivity (Wildman–Crippen MR) is 113 cm³/mol. The van der Waals surface area contributed by atoms with Crippen molar-refractivity contribution in [3.05, 3.63) is 83.7 Å². The van der Waals surface area contributed by atoms with E-state index in [1.54, 1.807) is 29.2 Å². The van der Waals surface area contributed by atoms with E-state index in [9.17, 15) is 14.4 Å². The second-order valence-electron chi connectivity index (χ2n) is 7.26. The van der Waals surface area contributed by atoms with E-state index in [1.807, 2.05) is 42.5 Å². The fraction of sp³-hybridized carbons (Fsp3) is 0.130. The van der Waals surface area contributed by atoms with Gasteiger partial charge in [0.15, 0.2) is 0 Å². The second kappa shape index (κ2) is 7.79. The van der Waals surface area contributed by atoms with Crippen LogP contribution in [0.1, 0.15) is 30.9 Å². The van der Waals surface area contributed by atoms with E-state index in [2.05, 4.69) is 24.3 Å². The number of para-hydroxylation sites is 1. The summed E-state index contributed by atoms with van der Waals surface area (Å²) in [4.78, 5) is 38.7. The summed E-state index contributed by atoms with van der Waals surface area (Å²) in [5, 5.41) is 6.51. The van der Waals surface area contributed by atoms with Crippen LogP contribution in [0.3, 0.4) is 0 Å². The zero-order chi connectivity index (χ0) is 21.3. The van der Waals surface area contributed by atoms with Crippen LogP contribution in [0.5, 0.6) is 0 Å². The minimum Gasteiger partial charge on any atom is -0.273 e. The lowest BCUT2D eigenvalue weighted by Gasteiger charge is -2.26. The lowest BCUT2D eigenvalue weighted by atomic mass is 10.0. The summed E-state index contributed by atoms with van der Waals surface area (Å²) in [7, 11) is 0. The van der Waals surface area contributed by atoms with Crippen LogP contribution in [0.15, 0.2) is 72.6 Å². The minimum atomic E-state index is -0.764. The van der Waals surface area contributed by atoms with Crippen LogP contribution in [0, 0.1) is 0 Å². The molecule has 4 rings (SSSR count). The summed E-state index contributed by atoms with van der Waals surface area (Å²) in [6, 6.07) is 15.8. The number of nitrogens with one attached hydrogen (secondary N) is 1. The van der Waals surface area contributed by atoms with Gasteiger partial charge in [-0.2, -0.15) is 5.10 Å². The molecule has 0 aliphatic carbocycles. The topological polar surface area (TPSA) is 84.3 Å². The van der Waals surface area contributed by atoms with Crippen LogP contribution in [0.4, 0.5) is 10.5 Å². The normalized spacial score (nSPS) is 15.8. The van der Waals surface area contributed by atoms with Crippen molar-refractivity contribution in [3.8, 4) is 5.69 Å². The Morgan fingerprint density at radius 1 is 0.933 bits per heavy atom. The number of benzene rings is 2. The molecule has 4 amide bonds. The van der Waals surface area contributed by atoms with E-state index >= 15 is 0 Å². The molecule has 1 aliphatic heterocycles. The third-order valence-corrected chi connectivity index (χ3v) is 4.85. The van der Waals surface area contributed by atoms with Crippen molar-refractivity contribution >= 4 is 29.6 Å². The maximum Gasteiger partial charge on any atom is 0.335 e. The third kappa shape index (κ3) is 3.65. The number of carbonyl (C=O) groups excluding carboxylic acids is 3. The van der Waals surface area contributed by atoms with Gasteiger partial charge >= 0.3 is 6.03 Å². The van der Waals surface area contributed by atoms with Gasteiger partial charge in [-0.1, -0.05) is 44.2 Å². The molecule has 2 aromatic carbocycles. The number of urea groups is 1. The average Bonchev–Trinajstić information content (AvgIpc) is 3.21. The number of aromatic nitrogens is 2. The van der Waals surface area contributed by atoms with Gasteiger partial charge in [0.05, 0.1) is 17.6 Å². The zero-order valence-corrected chi connectivity index (χ0v) is 16.6. The van der Waals surface area contributed by atoms with Crippen molar-refractivity contribution in [2.75, 3.05) is 4.90 Å². The van der Waals surface area contributed by atoms with Gasteiger partial charge in [-0.3, -0.25) is 14.9 Å². The standard InChI is InChI=1S/C23H20N4O3/c1-15(2)17-8-10-19(11-9-17)27-22(29)20(21(28)25-23(27)30)12-16-13-24-26(14-16)18-6-4-3-5-7-18/h3-15H,1-2H3,(H,25,28,30). The number of carbonyl (C=O) groups is 3. The highest BCUT2D eigenvalue weighted by Crippen LogP contribution is 2.24.